The van der Waals surface area contributed by atoms with Gasteiger partial charge in [-0.25, -0.2) is 13.8 Å². The SMILES string of the molecule is COC(=O)c1ccn2c1CN(C(=O)NS1(=O)=NC(=O)c3ccc4c(c3)N(C[C@@H]3CC[C@H]3[C@@H](OC)/C=C/C[C@H](C)C1)C[C@@]1(CCCc3cc(Cl)ccc31)CO4)CC2. The summed E-state index contributed by atoms with van der Waals surface area (Å²) in [6.45, 7) is 4.74. The third kappa shape index (κ3) is 7.45. The first kappa shape index (κ1) is 38.5. The van der Waals surface area contributed by atoms with Gasteiger partial charge >= 0.3 is 12.0 Å². The number of esters is 1. The molecule has 1 unspecified atom stereocenters. The van der Waals surface area contributed by atoms with Gasteiger partial charge in [-0.05, 0) is 104 Å². The first-order valence-corrected chi connectivity index (χ1v) is 21.7. The first-order chi connectivity index (χ1) is 27.0. The van der Waals surface area contributed by atoms with Crippen LogP contribution in [0.25, 0.3) is 0 Å². The number of nitrogens with zero attached hydrogens (tertiary/aromatic N) is 4. The molecule has 4 heterocycles. The standard InChI is InChI=1S/C42H50ClN5O7S/c1-27-6-4-8-37(53-2)32-12-9-30(32)22-48-25-42(16-5-7-28-20-31(43)11-13-34(28)42)26-55-38-14-10-29(21-35(38)48)39(49)44-56(52,24-27)45-41(51)47-19-18-46-17-15-33(36(46)23-47)40(50)54-3/h4,8,10-11,13-15,17,20-21,27,30,32,37H,5-7,9,12,16,18-19,22-26H2,1-3H3,(H,44,45,49,51,52)/b8-4+/t27-,30-,32+,37-,42-,56?/m0/s1. The number of ether oxygens (including phenoxy) is 3. The number of carbonyl (C=O) groups is 3. The molecule has 5 aliphatic rings. The third-order valence-corrected chi connectivity index (χ3v) is 14.7. The van der Waals surface area contributed by atoms with E-state index in [1.807, 2.05) is 29.7 Å². The number of rotatable bonds is 3. The average Bonchev–Trinajstić information content (AvgIpc) is 3.53. The third-order valence-electron chi connectivity index (χ3n) is 12.5. The predicted octanol–water partition coefficient (Wildman–Crippen LogP) is 6.79. The number of aromatic nitrogens is 1. The van der Waals surface area contributed by atoms with Crippen LogP contribution in [0.15, 0.2) is 65.2 Å². The van der Waals surface area contributed by atoms with Crippen molar-refractivity contribution in [1.82, 2.24) is 14.2 Å². The first-order valence-electron chi connectivity index (χ1n) is 19.6. The van der Waals surface area contributed by atoms with E-state index in [0.717, 1.165) is 49.4 Å². The Morgan fingerprint density at radius 3 is 2.75 bits per heavy atom. The molecule has 1 fully saturated rings. The number of nitrogens with one attached hydrogen (secondary N) is 1. The highest BCUT2D eigenvalue weighted by atomic mass is 35.5. The lowest BCUT2D eigenvalue weighted by Gasteiger charge is -2.46. The Kier molecular flexibility index (Phi) is 10.7. The zero-order chi connectivity index (χ0) is 39.2. The molecule has 3 aromatic rings. The summed E-state index contributed by atoms with van der Waals surface area (Å²) in [7, 11) is -0.554. The van der Waals surface area contributed by atoms with E-state index in [2.05, 4.69) is 38.3 Å². The van der Waals surface area contributed by atoms with Crippen molar-refractivity contribution in [1.29, 1.82) is 0 Å². The summed E-state index contributed by atoms with van der Waals surface area (Å²) in [5.41, 5.74) is 4.29. The minimum absolute atomic E-state index is 0.0394. The van der Waals surface area contributed by atoms with Gasteiger partial charge in [0.25, 0.3) is 5.91 Å². The number of aryl methyl sites for hydroxylation is 1. The van der Waals surface area contributed by atoms with Gasteiger partial charge in [-0.3, -0.25) is 9.52 Å². The average molecular weight is 804 g/mol. The molecule has 3 amide bonds. The molecule has 0 saturated heterocycles. The van der Waals surface area contributed by atoms with Gasteiger partial charge in [0.05, 0.1) is 49.1 Å². The summed E-state index contributed by atoms with van der Waals surface area (Å²) in [5.74, 6) is -0.0384. The van der Waals surface area contributed by atoms with Crippen LogP contribution in [0.4, 0.5) is 10.5 Å². The summed E-state index contributed by atoms with van der Waals surface area (Å²) in [5, 5.41) is 0.729. The van der Waals surface area contributed by atoms with E-state index in [1.54, 1.807) is 25.4 Å². The van der Waals surface area contributed by atoms with E-state index >= 15 is 0 Å². The van der Waals surface area contributed by atoms with Crippen molar-refractivity contribution in [3.05, 3.63) is 93.8 Å². The Bertz CT molecular complexity index is 2200. The highest BCUT2D eigenvalue weighted by Crippen LogP contribution is 2.47. The van der Waals surface area contributed by atoms with Crippen molar-refractivity contribution in [3.63, 3.8) is 0 Å². The van der Waals surface area contributed by atoms with Crippen molar-refractivity contribution in [2.24, 2.45) is 22.1 Å². The number of allylic oxidation sites excluding steroid dienone is 1. The van der Waals surface area contributed by atoms with Crippen LogP contribution < -0.4 is 14.4 Å². The van der Waals surface area contributed by atoms with Crippen LogP contribution in [0.3, 0.4) is 0 Å². The highest BCUT2D eigenvalue weighted by Gasteiger charge is 2.44. The molecule has 298 valence electrons. The van der Waals surface area contributed by atoms with E-state index < -0.39 is 27.8 Å². The number of urea groups is 1. The maximum atomic E-state index is 14.8. The second-order valence-corrected chi connectivity index (χ2v) is 18.6. The van der Waals surface area contributed by atoms with Crippen molar-refractivity contribution >= 4 is 45.1 Å². The Labute approximate surface area is 333 Å². The fourth-order valence-corrected chi connectivity index (χ4v) is 11.5. The number of methoxy groups -OCH3 is 2. The monoisotopic (exact) mass is 803 g/mol. The summed E-state index contributed by atoms with van der Waals surface area (Å²) in [6.07, 6.45) is 11.5. The fourth-order valence-electron chi connectivity index (χ4n) is 9.42. The Balaban J connectivity index is 1.15. The summed E-state index contributed by atoms with van der Waals surface area (Å²) in [4.78, 5) is 44.3. The minimum Gasteiger partial charge on any atom is -0.490 e. The molecule has 1 spiro atoms. The highest BCUT2D eigenvalue weighted by molar-refractivity contribution is 7.92. The summed E-state index contributed by atoms with van der Waals surface area (Å²) in [6, 6.07) is 12.6. The number of hydrogen-bond donors (Lipinski definition) is 1. The second-order valence-electron chi connectivity index (χ2n) is 16.2. The largest absolute Gasteiger partial charge is 0.490 e. The number of fused-ring (bicyclic) bond motifs is 5. The van der Waals surface area contributed by atoms with Gasteiger partial charge in [0, 0.05) is 55.5 Å². The van der Waals surface area contributed by atoms with Crippen LogP contribution in [-0.4, -0.2) is 83.9 Å². The molecular formula is C42H50ClN5O7S. The van der Waals surface area contributed by atoms with Crippen LogP contribution >= 0.6 is 11.6 Å². The molecular weight excluding hydrogens is 754 g/mol. The van der Waals surface area contributed by atoms with Gasteiger partial charge in [0.15, 0.2) is 0 Å². The van der Waals surface area contributed by atoms with Gasteiger partial charge in [-0.1, -0.05) is 36.7 Å². The summed E-state index contributed by atoms with van der Waals surface area (Å²) >= 11 is 6.47. The number of anilines is 1. The molecule has 6 atom stereocenters. The van der Waals surface area contributed by atoms with E-state index in [9.17, 15) is 18.6 Å². The maximum absolute atomic E-state index is 14.8. The number of carbonyl (C=O) groups excluding carboxylic acids is 3. The van der Waals surface area contributed by atoms with Crippen LogP contribution in [0.5, 0.6) is 5.75 Å². The molecule has 2 aromatic carbocycles. The number of benzene rings is 2. The van der Waals surface area contributed by atoms with E-state index in [0.29, 0.717) is 61.5 Å². The van der Waals surface area contributed by atoms with Gasteiger partial charge in [0.2, 0.25) is 0 Å². The van der Waals surface area contributed by atoms with Crippen molar-refractivity contribution < 1.29 is 32.8 Å². The van der Waals surface area contributed by atoms with E-state index in [1.165, 1.54) is 23.1 Å². The van der Waals surface area contributed by atoms with Gasteiger partial charge in [-0.15, -0.1) is 4.36 Å². The molecule has 3 aliphatic heterocycles. The fraction of sp³-hybridized carbons (Fsp3) is 0.500. The van der Waals surface area contributed by atoms with Gasteiger partial charge < -0.3 is 28.6 Å². The Hall–Kier alpha value is -4.33. The molecule has 1 saturated carbocycles. The molecule has 12 nitrogen and oxygen atoms in total. The Morgan fingerprint density at radius 1 is 1.11 bits per heavy atom. The summed E-state index contributed by atoms with van der Waals surface area (Å²) < 4.78 is 41.4. The Morgan fingerprint density at radius 2 is 1.96 bits per heavy atom. The number of halogens is 1. The van der Waals surface area contributed by atoms with Crippen molar-refractivity contribution in [2.75, 3.05) is 51.1 Å². The molecule has 0 radical (unpaired) electrons. The molecule has 8 rings (SSSR count). The topological polar surface area (TPSA) is 132 Å². The van der Waals surface area contributed by atoms with Crippen LogP contribution in [0.2, 0.25) is 5.02 Å². The minimum atomic E-state index is -3.62. The van der Waals surface area contributed by atoms with Crippen LogP contribution in [0, 0.1) is 17.8 Å². The van der Waals surface area contributed by atoms with Crippen molar-refractivity contribution in [2.45, 2.75) is 70.1 Å². The molecule has 2 bridgehead atoms. The molecule has 56 heavy (non-hydrogen) atoms. The van der Waals surface area contributed by atoms with Gasteiger partial charge in [0.1, 0.15) is 15.7 Å². The van der Waals surface area contributed by atoms with E-state index in [-0.39, 0.29) is 35.3 Å². The van der Waals surface area contributed by atoms with Crippen molar-refractivity contribution in [3.8, 4) is 5.75 Å². The predicted molar refractivity (Wildman–Crippen MR) is 215 cm³/mol. The molecule has 1 aromatic heterocycles. The molecule has 2 aliphatic carbocycles. The maximum Gasteiger partial charge on any atom is 0.339 e. The lowest BCUT2D eigenvalue weighted by Crippen LogP contribution is -2.49. The quantitative estimate of drug-likeness (QED) is 0.227. The molecule has 14 heteroatoms. The number of amides is 3. The molecule has 1 N–H and O–H groups in total. The lowest BCUT2D eigenvalue weighted by atomic mass is 9.68. The lowest BCUT2D eigenvalue weighted by molar-refractivity contribution is 0.0131. The smallest absolute Gasteiger partial charge is 0.339 e. The number of hydrogen-bond acceptors (Lipinski definition) is 8. The zero-order valence-corrected chi connectivity index (χ0v) is 33.8. The normalized spacial score (nSPS) is 29.3. The van der Waals surface area contributed by atoms with Crippen LogP contribution in [-0.2, 0) is 44.3 Å². The second kappa shape index (κ2) is 15.5. The van der Waals surface area contributed by atoms with E-state index in [4.69, 9.17) is 25.8 Å². The van der Waals surface area contributed by atoms with Gasteiger partial charge in [-0.2, -0.15) is 0 Å². The van der Waals surface area contributed by atoms with Crippen LogP contribution in [0.1, 0.15) is 76.6 Å². The zero-order valence-electron chi connectivity index (χ0n) is 32.2.